The van der Waals surface area contributed by atoms with Crippen molar-refractivity contribution >= 4 is 11.6 Å². The number of rotatable bonds is 4. The topological polar surface area (TPSA) is 105 Å². The van der Waals surface area contributed by atoms with E-state index in [1.165, 1.54) is 0 Å². The lowest BCUT2D eigenvalue weighted by Crippen LogP contribution is -2.40. The van der Waals surface area contributed by atoms with E-state index >= 15 is 0 Å². The summed E-state index contributed by atoms with van der Waals surface area (Å²) in [5.41, 5.74) is 10.9. The Balaban J connectivity index is 1.70. The summed E-state index contributed by atoms with van der Waals surface area (Å²) in [4.78, 5) is 19.4. The molecule has 4 rings (SSSR count). The molecule has 1 saturated heterocycles. The van der Waals surface area contributed by atoms with Crippen LogP contribution in [-0.2, 0) is 0 Å². The van der Waals surface area contributed by atoms with Crippen molar-refractivity contribution in [1.29, 1.82) is 0 Å². The van der Waals surface area contributed by atoms with E-state index in [-0.39, 0.29) is 11.8 Å². The highest BCUT2D eigenvalue weighted by atomic mass is 16.2. The molecule has 8 heteroatoms. The minimum absolute atomic E-state index is 0.0245. The number of fused-ring (bicyclic) bond motifs is 1. The number of aryl methyl sites for hydroxylation is 1. The number of carbonyl (C=O) groups excluding carboxylic acids is 1. The Morgan fingerprint density at radius 2 is 2.11 bits per heavy atom. The van der Waals surface area contributed by atoms with Crippen LogP contribution in [0.2, 0.25) is 0 Å². The molecule has 1 aliphatic heterocycles. The van der Waals surface area contributed by atoms with Gasteiger partial charge in [0.25, 0.3) is 5.91 Å². The predicted octanol–water partition coefficient (Wildman–Crippen LogP) is 2.36. The fourth-order valence-corrected chi connectivity index (χ4v) is 4.05. The van der Waals surface area contributed by atoms with Gasteiger partial charge in [-0.15, -0.1) is 0 Å². The van der Waals surface area contributed by atoms with Crippen molar-refractivity contribution in [2.45, 2.75) is 39.5 Å². The summed E-state index contributed by atoms with van der Waals surface area (Å²) in [6, 6.07) is 2.05. The number of nitrogens with two attached hydrogens (primary N) is 1. The number of H-pyrrole nitrogens is 1. The second-order valence-electron chi connectivity index (χ2n) is 7.93. The molecule has 0 aromatic carbocycles. The summed E-state index contributed by atoms with van der Waals surface area (Å²) in [6.07, 6.45) is 5.38. The van der Waals surface area contributed by atoms with Gasteiger partial charge in [0.1, 0.15) is 12.0 Å². The number of hydrogen-bond acceptors (Lipinski definition) is 5. The molecule has 3 aromatic rings. The maximum Gasteiger partial charge on any atom is 0.272 e. The molecule has 1 amide bonds. The second kappa shape index (κ2) is 7.35. The van der Waals surface area contributed by atoms with Crippen molar-refractivity contribution in [2.24, 2.45) is 11.7 Å². The number of nitrogens with zero attached hydrogens (tertiary/aromatic N) is 5. The quantitative estimate of drug-likeness (QED) is 0.722. The van der Waals surface area contributed by atoms with E-state index < -0.39 is 0 Å². The van der Waals surface area contributed by atoms with Crippen molar-refractivity contribution in [3.8, 4) is 11.3 Å². The first kappa shape index (κ1) is 18.6. The van der Waals surface area contributed by atoms with Gasteiger partial charge >= 0.3 is 0 Å². The van der Waals surface area contributed by atoms with Crippen LogP contribution in [0.3, 0.4) is 0 Å². The fraction of sp³-hybridized carbons (Fsp3) is 0.500. The number of aromatic amines is 1. The molecule has 0 unspecified atom stereocenters. The van der Waals surface area contributed by atoms with Crippen molar-refractivity contribution < 1.29 is 4.79 Å². The first-order chi connectivity index (χ1) is 13.5. The number of likely N-dealkylation sites (tertiary alicyclic amines) is 1. The van der Waals surface area contributed by atoms with Crippen LogP contribution >= 0.6 is 0 Å². The molecular formula is C20H27N7O. The zero-order chi connectivity index (χ0) is 19.8. The number of hydrogen-bond donors (Lipinski definition) is 2. The molecule has 0 atom stereocenters. The van der Waals surface area contributed by atoms with Crippen LogP contribution in [0, 0.1) is 12.8 Å². The minimum atomic E-state index is 0.0245. The Kier molecular flexibility index (Phi) is 4.89. The van der Waals surface area contributed by atoms with Gasteiger partial charge in [-0.3, -0.25) is 9.89 Å². The largest absolute Gasteiger partial charge is 0.337 e. The molecule has 0 saturated carbocycles. The standard InChI is InChI=1S/C20H27N7O/c1-12(2)16-17(15-8-13(3)19-22-11-23-27(19)10-15)24-25-18(16)20(28)26-6-4-14(9-21)5-7-26/h8,10-12,14H,4-7,9,21H2,1-3H3,(H,24,25). The van der Waals surface area contributed by atoms with Gasteiger partial charge in [-0.25, -0.2) is 9.50 Å². The summed E-state index contributed by atoms with van der Waals surface area (Å²) in [5, 5.41) is 11.8. The van der Waals surface area contributed by atoms with E-state index in [0.29, 0.717) is 18.2 Å². The molecule has 0 aliphatic carbocycles. The molecule has 0 spiro atoms. The third kappa shape index (κ3) is 3.17. The van der Waals surface area contributed by atoms with E-state index in [1.54, 1.807) is 10.8 Å². The zero-order valence-electron chi connectivity index (χ0n) is 16.6. The molecule has 1 aliphatic rings. The molecule has 148 valence electrons. The fourth-order valence-electron chi connectivity index (χ4n) is 4.05. The molecule has 1 fully saturated rings. The van der Waals surface area contributed by atoms with Gasteiger partial charge < -0.3 is 10.6 Å². The van der Waals surface area contributed by atoms with E-state index in [2.05, 4.69) is 34.1 Å². The van der Waals surface area contributed by atoms with Crippen LogP contribution in [0.5, 0.6) is 0 Å². The molecule has 0 radical (unpaired) electrons. The molecule has 3 N–H and O–H groups in total. The van der Waals surface area contributed by atoms with Crippen LogP contribution in [-0.4, -0.2) is 55.2 Å². The summed E-state index contributed by atoms with van der Waals surface area (Å²) in [6.45, 7) is 8.37. The average Bonchev–Trinajstić information content (AvgIpc) is 3.34. The van der Waals surface area contributed by atoms with Crippen LogP contribution in [0.1, 0.15) is 54.2 Å². The van der Waals surface area contributed by atoms with Crippen molar-refractivity contribution in [3.63, 3.8) is 0 Å². The van der Waals surface area contributed by atoms with E-state index in [9.17, 15) is 4.79 Å². The summed E-state index contributed by atoms with van der Waals surface area (Å²) in [5.74, 6) is 0.695. The summed E-state index contributed by atoms with van der Waals surface area (Å²) < 4.78 is 1.75. The van der Waals surface area contributed by atoms with Crippen LogP contribution in [0.15, 0.2) is 18.6 Å². The van der Waals surface area contributed by atoms with Gasteiger partial charge in [0.15, 0.2) is 5.65 Å². The number of amides is 1. The smallest absolute Gasteiger partial charge is 0.272 e. The van der Waals surface area contributed by atoms with Crippen LogP contribution < -0.4 is 5.73 Å². The Hall–Kier alpha value is -2.74. The molecular weight excluding hydrogens is 354 g/mol. The van der Waals surface area contributed by atoms with Gasteiger partial charge in [0.05, 0.1) is 5.69 Å². The summed E-state index contributed by atoms with van der Waals surface area (Å²) in [7, 11) is 0. The third-order valence-electron chi connectivity index (χ3n) is 5.66. The molecule has 8 nitrogen and oxygen atoms in total. The zero-order valence-corrected chi connectivity index (χ0v) is 16.6. The van der Waals surface area contributed by atoms with Crippen molar-refractivity contribution in [1.82, 2.24) is 29.7 Å². The van der Waals surface area contributed by atoms with E-state index in [1.807, 2.05) is 24.1 Å². The molecule has 28 heavy (non-hydrogen) atoms. The molecule has 0 bridgehead atoms. The average molecular weight is 381 g/mol. The van der Waals surface area contributed by atoms with Gasteiger partial charge in [-0.05, 0) is 49.8 Å². The SMILES string of the molecule is Cc1cc(-c2n[nH]c(C(=O)N3CCC(CN)CC3)c2C(C)C)cn2ncnc12. The minimum Gasteiger partial charge on any atom is -0.337 e. The number of aromatic nitrogens is 5. The highest BCUT2D eigenvalue weighted by Crippen LogP contribution is 2.32. The number of piperidine rings is 1. The van der Waals surface area contributed by atoms with Crippen LogP contribution in [0.4, 0.5) is 0 Å². The monoisotopic (exact) mass is 381 g/mol. The van der Waals surface area contributed by atoms with Gasteiger partial charge in [-0.2, -0.15) is 10.2 Å². The molecule has 4 heterocycles. The Bertz CT molecular complexity index is 995. The number of nitrogens with one attached hydrogen (secondary N) is 1. The van der Waals surface area contributed by atoms with Gasteiger partial charge in [-0.1, -0.05) is 13.8 Å². The highest BCUT2D eigenvalue weighted by Gasteiger charge is 2.29. The van der Waals surface area contributed by atoms with Crippen molar-refractivity contribution in [2.75, 3.05) is 19.6 Å². The summed E-state index contributed by atoms with van der Waals surface area (Å²) >= 11 is 0. The normalized spacial score (nSPS) is 15.7. The Morgan fingerprint density at radius 3 is 2.79 bits per heavy atom. The predicted molar refractivity (Wildman–Crippen MR) is 107 cm³/mol. The Morgan fingerprint density at radius 1 is 1.36 bits per heavy atom. The lowest BCUT2D eigenvalue weighted by atomic mass is 9.94. The maximum atomic E-state index is 13.2. The van der Waals surface area contributed by atoms with Crippen molar-refractivity contribution in [3.05, 3.63) is 35.4 Å². The lowest BCUT2D eigenvalue weighted by Gasteiger charge is -2.31. The Labute approximate surface area is 164 Å². The van der Waals surface area contributed by atoms with Gasteiger partial charge in [0.2, 0.25) is 0 Å². The lowest BCUT2D eigenvalue weighted by molar-refractivity contribution is 0.0686. The van der Waals surface area contributed by atoms with Crippen LogP contribution in [0.25, 0.3) is 16.9 Å². The first-order valence-corrected chi connectivity index (χ1v) is 9.87. The van der Waals surface area contributed by atoms with Gasteiger partial charge in [0, 0.05) is 30.4 Å². The first-order valence-electron chi connectivity index (χ1n) is 9.87. The van der Waals surface area contributed by atoms with E-state index in [0.717, 1.165) is 54.0 Å². The number of carbonyl (C=O) groups is 1. The van der Waals surface area contributed by atoms with E-state index in [4.69, 9.17) is 5.73 Å². The number of pyridine rings is 1. The third-order valence-corrected chi connectivity index (χ3v) is 5.66. The highest BCUT2D eigenvalue weighted by molar-refractivity contribution is 5.96. The second-order valence-corrected chi connectivity index (χ2v) is 7.93. The molecule has 3 aromatic heterocycles. The maximum absolute atomic E-state index is 13.2.